The van der Waals surface area contributed by atoms with Crippen LogP contribution in [0.1, 0.15) is 12.8 Å². The number of benzene rings is 2. The predicted molar refractivity (Wildman–Crippen MR) is 104 cm³/mol. The maximum Gasteiger partial charge on any atom is 0.263 e. The Morgan fingerprint density at radius 2 is 1.86 bits per heavy atom. The van der Waals surface area contributed by atoms with E-state index in [9.17, 15) is 4.79 Å². The highest BCUT2D eigenvalue weighted by Crippen LogP contribution is 2.25. The van der Waals surface area contributed by atoms with Gasteiger partial charge in [-0.15, -0.1) is 0 Å². The van der Waals surface area contributed by atoms with E-state index in [2.05, 4.69) is 10.1 Å². The summed E-state index contributed by atoms with van der Waals surface area (Å²) in [7, 11) is 3.24. The number of rotatable bonds is 7. The van der Waals surface area contributed by atoms with Crippen molar-refractivity contribution in [1.82, 2.24) is 15.0 Å². The molecule has 1 amide bonds. The molecule has 1 heterocycles. The molecule has 1 aromatic heterocycles. The fourth-order valence-corrected chi connectivity index (χ4v) is 2.79. The van der Waals surface area contributed by atoms with Crippen molar-refractivity contribution in [2.75, 3.05) is 14.2 Å². The van der Waals surface area contributed by atoms with Crippen LogP contribution in [0.25, 0.3) is 11.4 Å². The van der Waals surface area contributed by atoms with E-state index in [0.29, 0.717) is 33.8 Å². The molecule has 0 fully saturated rings. The van der Waals surface area contributed by atoms with Crippen LogP contribution < -0.4 is 9.47 Å². The van der Waals surface area contributed by atoms with E-state index >= 15 is 0 Å². The topological polar surface area (TPSA) is 77.7 Å². The van der Waals surface area contributed by atoms with Gasteiger partial charge in [-0.2, -0.15) is 4.98 Å². The Kier molecular flexibility index (Phi) is 6.16. The van der Waals surface area contributed by atoms with Crippen molar-refractivity contribution >= 4 is 17.5 Å². The Hall–Kier alpha value is -3.06. The minimum absolute atomic E-state index is 0.159. The molecule has 3 aromatic rings. The van der Waals surface area contributed by atoms with Crippen LogP contribution in [-0.4, -0.2) is 41.2 Å². The first-order chi connectivity index (χ1) is 13.5. The first kappa shape index (κ1) is 19.7. The third kappa shape index (κ3) is 4.61. The summed E-state index contributed by atoms with van der Waals surface area (Å²) in [6, 6.07) is 14.2. The number of carbonyl (C=O) groups is 1. The number of likely N-dealkylation sites (N-methyl/N-ethyl adjacent to an activating group) is 1. The molecule has 0 aliphatic rings. The van der Waals surface area contributed by atoms with Gasteiger partial charge in [0.15, 0.2) is 6.10 Å². The zero-order valence-corrected chi connectivity index (χ0v) is 16.5. The van der Waals surface area contributed by atoms with Gasteiger partial charge in [0.1, 0.15) is 11.5 Å². The van der Waals surface area contributed by atoms with Gasteiger partial charge in [0.25, 0.3) is 5.91 Å². The van der Waals surface area contributed by atoms with Gasteiger partial charge in [0.05, 0.1) is 18.7 Å². The molecule has 1 atom stereocenters. The van der Waals surface area contributed by atoms with Gasteiger partial charge in [-0.25, -0.2) is 0 Å². The predicted octanol–water partition coefficient (Wildman–Crippen LogP) is 3.82. The fraction of sp³-hybridized carbons (Fsp3) is 0.250. The SMILES string of the molecule is COc1ccc(O[C@H](C)C(=O)N(C)Cc2nc(-c3ccccc3Cl)no2)cc1. The van der Waals surface area contributed by atoms with Crippen LogP contribution in [0.4, 0.5) is 0 Å². The summed E-state index contributed by atoms with van der Waals surface area (Å²) in [6.07, 6.45) is -0.677. The lowest BCUT2D eigenvalue weighted by Gasteiger charge is -2.20. The largest absolute Gasteiger partial charge is 0.497 e. The van der Waals surface area contributed by atoms with Crippen molar-refractivity contribution < 1.29 is 18.8 Å². The van der Waals surface area contributed by atoms with E-state index in [1.54, 1.807) is 57.5 Å². The van der Waals surface area contributed by atoms with E-state index in [-0.39, 0.29) is 12.5 Å². The summed E-state index contributed by atoms with van der Waals surface area (Å²) in [4.78, 5) is 18.4. The molecule has 0 aliphatic carbocycles. The molecule has 2 aromatic carbocycles. The van der Waals surface area contributed by atoms with Crippen LogP contribution in [0, 0.1) is 0 Å². The Morgan fingerprint density at radius 1 is 1.18 bits per heavy atom. The highest BCUT2D eigenvalue weighted by Gasteiger charge is 2.22. The first-order valence-corrected chi connectivity index (χ1v) is 8.99. The Morgan fingerprint density at radius 3 is 2.54 bits per heavy atom. The molecule has 0 aliphatic heterocycles. The molecular formula is C20H20ClN3O4. The molecule has 146 valence electrons. The molecule has 8 heteroatoms. The van der Waals surface area contributed by atoms with Crippen molar-refractivity contribution in [2.24, 2.45) is 0 Å². The first-order valence-electron chi connectivity index (χ1n) is 8.61. The molecule has 0 bridgehead atoms. The zero-order chi connectivity index (χ0) is 20.1. The van der Waals surface area contributed by atoms with Crippen molar-refractivity contribution in [2.45, 2.75) is 19.6 Å². The summed E-state index contributed by atoms with van der Waals surface area (Å²) in [6.45, 7) is 1.85. The van der Waals surface area contributed by atoms with Crippen molar-refractivity contribution in [3.05, 3.63) is 59.4 Å². The molecule has 0 saturated carbocycles. The van der Waals surface area contributed by atoms with Crippen LogP contribution in [-0.2, 0) is 11.3 Å². The smallest absolute Gasteiger partial charge is 0.263 e. The van der Waals surface area contributed by atoms with Gasteiger partial charge in [0.2, 0.25) is 11.7 Å². The lowest BCUT2D eigenvalue weighted by molar-refractivity contribution is -0.137. The summed E-state index contributed by atoms with van der Waals surface area (Å²) in [5.41, 5.74) is 0.671. The highest BCUT2D eigenvalue weighted by atomic mass is 35.5. The molecule has 0 N–H and O–H groups in total. The number of ether oxygens (including phenoxy) is 2. The van der Waals surface area contributed by atoms with E-state index in [1.165, 1.54) is 4.90 Å². The van der Waals surface area contributed by atoms with Crippen molar-refractivity contribution in [3.63, 3.8) is 0 Å². The Labute approximate surface area is 167 Å². The van der Waals surface area contributed by atoms with Gasteiger partial charge in [-0.1, -0.05) is 28.9 Å². The molecule has 0 saturated heterocycles. The Balaban J connectivity index is 1.61. The highest BCUT2D eigenvalue weighted by molar-refractivity contribution is 6.33. The molecular weight excluding hydrogens is 382 g/mol. The second-order valence-corrected chi connectivity index (χ2v) is 6.53. The fourth-order valence-electron chi connectivity index (χ4n) is 2.57. The van der Waals surface area contributed by atoms with Gasteiger partial charge < -0.3 is 18.9 Å². The second-order valence-electron chi connectivity index (χ2n) is 6.12. The molecule has 0 unspecified atom stereocenters. The van der Waals surface area contributed by atoms with E-state index in [4.69, 9.17) is 25.6 Å². The van der Waals surface area contributed by atoms with Gasteiger partial charge in [0, 0.05) is 12.6 Å². The maximum atomic E-state index is 12.6. The van der Waals surface area contributed by atoms with Gasteiger partial charge in [-0.3, -0.25) is 4.79 Å². The number of hydrogen-bond donors (Lipinski definition) is 0. The second kappa shape index (κ2) is 8.75. The minimum atomic E-state index is -0.677. The third-order valence-electron chi connectivity index (χ3n) is 4.05. The average Bonchev–Trinajstić information content (AvgIpc) is 3.16. The summed E-state index contributed by atoms with van der Waals surface area (Å²) >= 11 is 6.15. The normalized spacial score (nSPS) is 11.7. The molecule has 0 spiro atoms. The quantitative estimate of drug-likeness (QED) is 0.598. The third-order valence-corrected chi connectivity index (χ3v) is 4.38. The van der Waals surface area contributed by atoms with Crippen LogP contribution >= 0.6 is 11.6 Å². The van der Waals surface area contributed by atoms with Crippen LogP contribution in [0.5, 0.6) is 11.5 Å². The molecule has 3 rings (SSSR count). The number of aromatic nitrogens is 2. The number of hydrogen-bond acceptors (Lipinski definition) is 6. The minimum Gasteiger partial charge on any atom is -0.497 e. The van der Waals surface area contributed by atoms with Crippen LogP contribution in [0.15, 0.2) is 53.1 Å². The van der Waals surface area contributed by atoms with Gasteiger partial charge in [-0.05, 0) is 43.3 Å². The van der Waals surface area contributed by atoms with E-state index in [1.807, 2.05) is 12.1 Å². The molecule has 28 heavy (non-hydrogen) atoms. The number of amides is 1. The number of carbonyl (C=O) groups excluding carboxylic acids is 1. The standard InChI is InChI=1S/C20H20ClN3O4/c1-13(27-15-10-8-14(26-3)9-11-15)20(25)24(2)12-18-22-19(23-28-18)16-6-4-5-7-17(16)21/h4-11,13H,12H2,1-3H3/t13-/m1/s1. The van der Waals surface area contributed by atoms with Crippen molar-refractivity contribution in [3.8, 4) is 22.9 Å². The summed E-state index contributed by atoms with van der Waals surface area (Å²) < 4.78 is 16.0. The average molecular weight is 402 g/mol. The number of nitrogens with zero attached hydrogens (tertiary/aromatic N) is 3. The monoisotopic (exact) mass is 401 g/mol. The number of methoxy groups -OCH3 is 1. The molecule has 7 nitrogen and oxygen atoms in total. The van der Waals surface area contributed by atoms with Crippen molar-refractivity contribution in [1.29, 1.82) is 0 Å². The Bertz CT molecular complexity index is 943. The maximum absolute atomic E-state index is 12.6. The summed E-state index contributed by atoms with van der Waals surface area (Å²) in [5, 5.41) is 4.47. The van der Waals surface area contributed by atoms with Gasteiger partial charge >= 0.3 is 0 Å². The lowest BCUT2D eigenvalue weighted by Crippen LogP contribution is -2.37. The number of halogens is 1. The summed E-state index contributed by atoms with van der Waals surface area (Å²) in [5.74, 6) is 1.77. The zero-order valence-electron chi connectivity index (χ0n) is 15.8. The van der Waals surface area contributed by atoms with Crippen LogP contribution in [0.3, 0.4) is 0 Å². The van der Waals surface area contributed by atoms with Crippen LogP contribution in [0.2, 0.25) is 5.02 Å². The molecule has 0 radical (unpaired) electrons. The lowest BCUT2D eigenvalue weighted by atomic mass is 10.2. The van der Waals surface area contributed by atoms with E-state index in [0.717, 1.165) is 0 Å². The van der Waals surface area contributed by atoms with E-state index < -0.39 is 6.10 Å².